The number of carboxylic acid groups (broad SMARTS) is 4. The molecule has 0 bridgehead atoms. The quantitative estimate of drug-likeness (QED) is 0.180. The van der Waals surface area contributed by atoms with E-state index < -0.39 is 30.0 Å². The Morgan fingerprint density at radius 3 is 2.26 bits per heavy atom. The molecule has 3 heterocycles. The third-order valence-corrected chi connectivity index (χ3v) is 8.07. The monoisotopic (exact) mass is 658 g/mol. The molecule has 2 aromatic carbocycles. The fourth-order valence-corrected chi connectivity index (χ4v) is 5.52. The lowest BCUT2D eigenvalue weighted by Gasteiger charge is -2.34. The van der Waals surface area contributed by atoms with E-state index >= 15 is 0 Å². The molecule has 1 amide bonds. The van der Waals surface area contributed by atoms with E-state index in [-0.39, 0.29) is 5.91 Å². The van der Waals surface area contributed by atoms with Crippen LogP contribution in [0.1, 0.15) is 30.1 Å². The number of methoxy groups -OCH3 is 1. The number of thioether (sulfide) groups is 1. The number of nitrogens with one attached hydrogen (secondary N) is 2. The van der Waals surface area contributed by atoms with Crippen LogP contribution >= 0.6 is 11.8 Å². The van der Waals surface area contributed by atoms with Crippen molar-refractivity contribution in [1.82, 2.24) is 15.2 Å². The van der Waals surface area contributed by atoms with Gasteiger partial charge in [0.2, 0.25) is 5.91 Å². The molecule has 46 heavy (non-hydrogen) atoms. The predicted molar refractivity (Wildman–Crippen MR) is 166 cm³/mol. The number of aliphatic hydroxyl groups is 1. The van der Waals surface area contributed by atoms with Gasteiger partial charge in [-0.1, -0.05) is 6.07 Å². The number of aliphatic hydroxyl groups excluding tert-OH is 1. The maximum Gasteiger partial charge on any atom is 0.414 e. The number of hydrogen-bond donors (Lipinski definition) is 7. The van der Waals surface area contributed by atoms with Crippen LogP contribution in [0.3, 0.4) is 0 Å². The van der Waals surface area contributed by atoms with Gasteiger partial charge in [-0.2, -0.15) is 0 Å². The van der Waals surface area contributed by atoms with E-state index in [4.69, 9.17) is 44.3 Å². The fourth-order valence-electron chi connectivity index (χ4n) is 4.73. The van der Waals surface area contributed by atoms with Crippen LogP contribution in [0.4, 0.5) is 5.69 Å². The number of rotatable bonds is 7. The van der Waals surface area contributed by atoms with Crippen molar-refractivity contribution in [3.05, 3.63) is 59.8 Å². The lowest BCUT2D eigenvalue weighted by Crippen LogP contribution is -2.43. The summed E-state index contributed by atoms with van der Waals surface area (Å²) >= 11 is 1.59. The van der Waals surface area contributed by atoms with E-state index in [1.165, 1.54) is 5.56 Å². The number of carbonyl (C=O) groups is 5. The molecule has 2 aliphatic heterocycles. The SMILES string of the molecule is COc1ccc2nccc([C@@H](O)CN3CCC(NCc4ccc5c(c4)NC(=O)CS5)CC3)c2c1.O=C(O)C(=O)O.O=C(O)C(=O)O. The molecule has 0 unspecified atom stereocenters. The number of carbonyl (C=O) groups excluding carboxylic acids is 1. The number of likely N-dealkylation sites (tertiary alicyclic amines) is 1. The third kappa shape index (κ3) is 10.7. The summed E-state index contributed by atoms with van der Waals surface area (Å²) in [6, 6.07) is 14.4. The van der Waals surface area contributed by atoms with Crippen molar-refractivity contribution < 1.29 is 54.2 Å². The van der Waals surface area contributed by atoms with Gasteiger partial charge in [-0.05, 0) is 73.5 Å². The van der Waals surface area contributed by atoms with Gasteiger partial charge in [0.25, 0.3) is 0 Å². The molecular formula is C30H34N4O11S. The number of carboxylic acids is 4. The van der Waals surface area contributed by atoms with E-state index in [0.29, 0.717) is 18.3 Å². The number of benzene rings is 2. The minimum atomic E-state index is -1.82. The molecule has 1 atom stereocenters. The maximum absolute atomic E-state index is 11.7. The molecule has 0 radical (unpaired) electrons. The largest absolute Gasteiger partial charge is 0.497 e. The van der Waals surface area contributed by atoms with E-state index in [9.17, 15) is 9.90 Å². The number of pyridine rings is 1. The number of aromatic nitrogens is 1. The first kappa shape index (κ1) is 35.7. The van der Waals surface area contributed by atoms with Gasteiger partial charge in [0.1, 0.15) is 5.75 Å². The number of piperidine rings is 1. The van der Waals surface area contributed by atoms with Crippen LogP contribution in [0.5, 0.6) is 5.75 Å². The number of hydrogen-bond acceptors (Lipinski definition) is 11. The lowest BCUT2D eigenvalue weighted by atomic mass is 10.0. The molecule has 246 valence electrons. The summed E-state index contributed by atoms with van der Waals surface area (Å²) in [6.07, 6.45) is 3.25. The van der Waals surface area contributed by atoms with Crippen LogP contribution < -0.4 is 15.4 Å². The molecule has 1 fully saturated rings. The zero-order chi connectivity index (χ0) is 33.8. The van der Waals surface area contributed by atoms with Crippen molar-refractivity contribution in [2.24, 2.45) is 0 Å². The molecule has 0 spiro atoms. The molecule has 0 saturated carbocycles. The Balaban J connectivity index is 0.000000410. The zero-order valence-corrected chi connectivity index (χ0v) is 25.5. The summed E-state index contributed by atoms with van der Waals surface area (Å²) in [5, 5.41) is 48.1. The summed E-state index contributed by atoms with van der Waals surface area (Å²) in [6.45, 7) is 3.27. The Morgan fingerprint density at radius 1 is 1.00 bits per heavy atom. The second-order valence-corrected chi connectivity index (χ2v) is 11.2. The number of nitrogens with zero attached hydrogens (tertiary/aromatic N) is 2. The smallest absolute Gasteiger partial charge is 0.414 e. The van der Waals surface area contributed by atoms with Crippen LogP contribution in [0.25, 0.3) is 10.9 Å². The Bertz CT molecular complexity index is 1530. The van der Waals surface area contributed by atoms with E-state index in [1.807, 2.05) is 24.3 Å². The van der Waals surface area contributed by atoms with Gasteiger partial charge >= 0.3 is 23.9 Å². The normalized spacial score (nSPS) is 15.1. The van der Waals surface area contributed by atoms with E-state index in [1.54, 1.807) is 25.1 Å². The molecule has 16 heteroatoms. The highest BCUT2D eigenvalue weighted by Gasteiger charge is 2.23. The highest BCUT2D eigenvalue weighted by Crippen LogP contribution is 2.32. The minimum absolute atomic E-state index is 0.0658. The summed E-state index contributed by atoms with van der Waals surface area (Å²) in [7, 11) is 1.65. The van der Waals surface area contributed by atoms with Crippen LogP contribution in [0.15, 0.2) is 53.6 Å². The van der Waals surface area contributed by atoms with Crippen molar-refractivity contribution in [2.75, 3.05) is 37.8 Å². The number of β-amino-alcohol motifs (C(OH)–C–C–N with tert-alkyl or cyclic N) is 1. The Kier molecular flexibility index (Phi) is 13.2. The van der Waals surface area contributed by atoms with Gasteiger partial charge in [0.15, 0.2) is 0 Å². The molecule has 1 saturated heterocycles. The second kappa shape index (κ2) is 17.1. The Labute approximate surface area is 267 Å². The van der Waals surface area contributed by atoms with Gasteiger partial charge in [-0.15, -0.1) is 11.8 Å². The molecule has 5 rings (SSSR count). The van der Waals surface area contributed by atoms with Gasteiger partial charge in [0.05, 0.1) is 30.2 Å². The van der Waals surface area contributed by atoms with Crippen LogP contribution in [-0.4, -0.2) is 104 Å². The van der Waals surface area contributed by atoms with E-state index in [2.05, 4.69) is 38.7 Å². The summed E-state index contributed by atoms with van der Waals surface area (Å²) in [5.74, 6) is -5.98. The molecule has 2 aliphatic rings. The van der Waals surface area contributed by atoms with Crippen molar-refractivity contribution in [3.8, 4) is 5.75 Å². The molecule has 15 nitrogen and oxygen atoms in total. The fraction of sp³-hybridized carbons (Fsp3) is 0.333. The lowest BCUT2D eigenvalue weighted by molar-refractivity contribution is -0.159. The van der Waals surface area contributed by atoms with Crippen molar-refractivity contribution in [1.29, 1.82) is 0 Å². The average molecular weight is 659 g/mol. The second-order valence-electron chi connectivity index (χ2n) is 10.1. The van der Waals surface area contributed by atoms with Gasteiger partial charge in [-0.25, -0.2) is 19.2 Å². The Morgan fingerprint density at radius 2 is 1.65 bits per heavy atom. The number of anilines is 1. The molecule has 3 aromatic rings. The average Bonchev–Trinajstić information content (AvgIpc) is 3.04. The highest BCUT2D eigenvalue weighted by atomic mass is 32.2. The standard InChI is InChI=1S/C26H30N4O3S.2C2H2O4/c1-33-19-3-4-22-21(13-19)20(6-9-27-22)24(31)15-30-10-7-18(8-11-30)28-14-17-2-5-25-23(12-17)29-26(32)16-34-25;2*3-1(4)2(5)6/h2-6,9,12-13,18,24,28,31H,7-8,10-11,14-16H2,1H3,(H,29,32);2*(H,3,4)(H,5,6)/t24-;;/m0../s1. The van der Waals surface area contributed by atoms with Crippen LogP contribution in [-0.2, 0) is 30.5 Å². The molecular weight excluding hydrogens is 624 g/mol. The summed E-state index contributed by atoms with van der Waals surface area (Å²) in [4.78, 5) is 55.9. The van der Waals surface area contributed by atoms with Crippen molar-refractivity contribution in [2.45, 2.75) is 36.4 Å². The number of ether oxygens (including phenoxy) is 1. The topological polar surface area (TPSA) is 236 Å². The minimum Gasteiger partial charge on any atom is -0.497 e. The summed E-state index contributed by atoms with van der Waals surface area (Å²) in [5.41, 5.74) is 3.85. The van der Waals surface area contributed by atoms with Crippen LogP contribution in [0, 0.1) is 0 Å². The first-order valence-corrected chi connectivity index (χ1v) is 14.9. The number of fused-ring (bicyclic) bond motifs is 2. The Hall–Kier alpha value is -4.77. The first-order valence-electron chi connectivity index (χ1n) is 13.9. The molecule has 1 aromatic heterocycles. The van der Waals surface area contributed by atoms with Gasteiger partial charge < -0.3 is 45.8 Å². The van der Waals surface area contributed by atoms with Crippen molar-refractivity contribution in [3.63, 3.8) is 0 Å². The molecule has 0 aliphatic carbocycles. The maximum atomic E-state index is 11.7. The number of aliphatic carboxylic acids is 4. The molecule has 7 N–H and O–H groups in total. The third-order valence-electron chi connectivity index (χ3n) is 7.00. The van der Waals surface area contributed by atoms with Gasteiger partial charge in [-0.3, -0.25) is 9.78 Å². The van der Waals surface area contributed by atoms with E-state index in [0.717, 1.165) is 65.3 Å². The van der Waals surface area contributed by atoms with Crippen molar-refractivity contribution >= 4 is 58.1 Å². The first-order chi connectivity index (χ1) is 21.9. The highest BCUT2D eigenvalue weighted by molar-refractivity contribution is 8.00. The van der Waals surface area contributed by atoms with Gasteiger partial charge in [0, 0.05) is 35.6 Å². The predicted octanol–water partition coefficient (Wildman–Crippen LogP) is 1.89. The zero-order valence-electron chi connectivity index (χ0n) is 24.7. The van der Waals surface area contributed by atoms with Crippen LogP contribution in [0.2, 0.25) is 0 Å². The number of amides is 1. The summed E-state index contributed by atoms with van der Waals surface area (Å²) < 4.78 is 5.36.